The molecule has 2 heteroatoms. The molecule has 0 spiro atoms. The van der Waals surface area contributed by atoms with E-state index in [1.807, 2.05) is 0 Å². The summed E-state index contributed by atoms with van der Waals surface area (Å²) in [5.41, 5.74) is 18.0. The quantitative estimate of drug-likeness (QED) is 0.141. The topological polar surface area (TPSA) is 9.86 Å². The predicted molar refractivity (Wildman–Crippen MR) is 316 cm³/mol. The van der Waals surface area contributed by atoms with Crippen LogP contribution in [0.3, 0.4) is 0 Å². The van der Waals surface area contributed by atoms with Crippen LogP contribution in [0.1, 0.15) is 87.2 Å². The number of rotatable bonds is 7. The lowest BCUT2D eigenvalue weighted by atomic mass is 9.83. The van der Waals surface area contributed by atoms with Gasteiger partial charge < -0.3 is 9.13 Å². The van der Waals surface area contributed by atoms with Gasteiger partial charge in [-0.2, -0.15) is 0 Å². The molecule has 2 aliphatic carbocycles. The van der Waals surface area contributed by atoms with E-state index >= 15 is 0 Å². The number of aromatic nitrogens is 2. The fourth-order valence-corrected chi connectivity index (χ4v) is 14.1. The van der Waals surface area contributed by atoms with E-state index in [-0.39, 0.29) is 0 Å². The third-order valence-corrected chi connectivity index (χ3v) is 17.5. The van der Waals surface area contributed by atoms with Crippen molar-refractivity contribution >= 4 is 75.9 Å². The van der Waals surface area contributed by atoms with Crippen LogP contribution in [0.2, 0.25) is 0 Å². The van der Waals surface area contributed by atoms with Gasteiger partial charge in [-0.3, -0.25) is 0 Å². The predicted octanol–water partition coefficient (Wildman–Crippen LogP) is 20.4. The van der Waals surface area contributed by atoms with Crippen LogP contribution in [0, 0.1) is 0 Å². The van der Waals surface area contributed by atoms with Crippen LogP contribution in [0.4, 0.5) is 0 Å². The van der Waals surface area contributed by atoms with Gasteiger partial charge in [0.1, 0.15) is 0 Å². The Bertz CT molecular complexity index is 4070. The largest absolute Gasteiger partial charge is 0.309 e. The molecule has 0 N–H and O–H groups in total. The molecule has 15 rings (SSSR count). The maximum atomic E-state index is 2.57. The van der Waals surface area contributed by atoms with Crippen molar-refractivity contribution in [3.05, 3.63) is 230 Å². The fraction of sp³-hybridized carbons (Fsp3) is 0.167. The Labute approximate surface area is 433 Å². The van der Waals surface area contributed by atoms with Crippen LogP contribution in [0.15, 0.2) is 218 Å². The second-order valence-electron chi connectivity index (χ2n) is 21.5. The summed E-state index contributed by atoms with van der Waals surface area (Å²) in [5.74, 6) is 1.21. The maximum Gasteiger partial charge on any atom is 0.0547 e. The molecular formula is C72H58N2. The first-order valence-corrected chi connectivity index (χ1v) is 27.5. The molecule has 13 aromatic rings. The highest BCUT2D eigenvalue weighted by Crippen LogP contribution is 2.50. The van der Waals surface area contributed by atoms with Gasteiger partial charge in [0.25, 0.3) is 0 Å². The minimum absolute atomic E-state index is 0.603. The Kier molecular flexibility index (Phi) is 10.4. The molecule has 2 fully saturated rings. The van der Waals surface area contributed by atoms with Crippen molar-refractivity contribution in [1.82, 2.24) is 9.13 Å². The highest BCUT2D eigenvalue weighted by atomic mass is 15.0. The van der Waals surface area contributed by atoms with Gasteiger partial charge in [-0.05, 0) is 181 Å². The van der Waals surface area contributed by atoms with E-state index in [2.05, 4.69) is 228 Å². The summed E-state index contributed by atoms with van der Waals surface area (Å²) in [6.45, 7) is 0. The average Bonchev–Trinajstić information content (AvgIpc) is 4.02. The molecule has 0 bridgehead atoms. The second kappa shape index (κ2) is 17.8. The average molecular weight is 951 g/mol. The van der Waals surface area contributed by atoms with Gasteiger partial charge in [-0.1, -0.05) is 190 Å². The molecule has 0 radical (unpaired) electrons. The minimum Gasteiger partial charge on any atom is -0.309 e. The van der Waals surface area contributed by atoms with E-state index in [0.717, 1.165) is 0 Å². The second-order valence-corrected chi connectivity index (χ2v) is 21.5. The summed E-state index contributed by atoms with van der Waals surface area (Å²) in [7, 11) is 0. The summed E-state index contributed by atoms with van der Waals surface area (Å²) in [6, 6.07) is 83.5. The van der Waals surface area contributed by atoms with Crippen LogP contribution in [-0.4, -0.2) is 9.13 Å². The lowest BCUT2D eigenvalue weighted by Gasteiger charge is -2.22. The first kappa shape index (κ1) is 43.4. The summed E-state index contributed by atoms with van der Waals surface area (Å²) in [4.78, 5) is 0. The third kappa shape index (κ3) is 6.91. The third-order valence-electron chi connectivity index (χ3n) is 17.5. The maximum absolute atomic E-state index is 2.57. The molecular weight excluding hydrogens is 893 g/mol. The number of fused-ring (bicyclic) bond motifs is 9. The number of benzene rings is 11. The highest BCUT2D eigenvalue weighted by Gasteiger charge is 2.25. The van der Waals surface area contributed by atoms with Gasteiger partial charge in [0.15, 0.2) is 0 Å². The Morgan fingerprint density at radius 3 is 1.22 bits per heavy atom. The zero-order valence-corrected chi connectivity index (χ0v) is 41.9. The van der Waals surface area contributed by atoms with Gasteiger partial charge in [-0.25, -0.2) is 0 Å². The van der Waals surface area contributed by atoms with Crippen LogP contribution < -0.4 is 0 Å². The molecule has 0 saturated heterocycles. The Balaban J connectivity index is 1.05. The van der Waals surface area contributed by atoms with E-state index in [9.17, 15) is 0 Å². The molecule has 0 aliphatic heterocycles. The Morgan fingerprint density at radius 1 is 0.270 bits per heavy atom. The van der Waals surface area contributed by atoms with Gasteiger partial charge in [0.05, 0.1) is 22.1 Å². The van der Waals surface area contributed by atoms with Crippen molar-refractivity contribution in [2.75, 3.05) is 0 Å². The van der Waals surface area contributed by atoms with Crippen LogP contribution >= 0.6 is 0 Å². The van der Waals surface area contributed by atoms with Gasteiger partial charge in [0, 0.05) is 32.9 Å². The molecule has 0 atom stereocenters. The van der Waals surface area contributed by atoms with Gasteiger partial charge >= 0.3 is 0 Å². The summed E-state index contributed by atoms with van der Waals surface area (Å²) in [5, 5.41) is 12.9. The summed E-state index contributed by atoms with van der Waals surface area (Å²) >= 11 is 0. The highest BCUT2D eigenvalue weighted by molar-refractivity contribution is 6.26. The molecule has 0 unspecified atom stereocenters. The normalized spacial score (nSPS) is 14.9. The van der Waals surface area contributed by atoms with Crippen molar-refractivity contribution < 1.29 is 0 Å². The molecule has 356 valence electrons. The number of para-hydroxylation sites is 2. The molecule has 11 aromatic carbocycles. The molecule has 74 heavy (non-hydrogen) atoms. The van der Waals surface area contributed by atoms with E-state index in [4.69, 9.17) is 0 Å². The van der Waals surface area contributed by atoms with Crippen molar-refractivity contribution in [3.8, 4) is 44.8 Å². The molecule has 2 aromatic heterocycles. The Hall–Kier alpha value is -8.20. The molecule has 2 heterocycles. The summed E-state index contributed by atoms with van der Waals surface area (Å²) in [6.07, 6.45) is 13.0. The molecule has 0 amide bonds. The van der Waals surface area contributed by atoms with E-state index < -0.39 is 0 Å². The van der Waals surface area contributed by atoms with Crippen molar-refractivity contribution in [2.24, 2.45) is 0 Å². The van der Waals surface area contributed by atoms with Crippen LogP contribution in [-0.2, 0) is 0 Å². The fourth-order valence-electron chi connectivity index (χ4n) is 14.1. The van der Waals surface area contributed by atoms with Gasteiger partial charge in [-0.15, -0.1) is 0 Å². The van der Waals surface area contributed by atoms with Crippen molar-refractivity contribution in [3.63, 3.8) is 0 Å². The van der Waals surface area contributed by atoms with Gasteiger partial charge in [0.2, 0.25) is 0 Å². The SMILES string of the molecule is c1ccc(-n2c3ccc(C4CCCCC4)cc3c3c(-c4cccc5c(-c6cccc7ccccc67)c6cccc(-c7cccc8c7c7cc(C9CCCCC9)ccc7n8-c7ccccc7)c6cc45)cccc32)cc1. The standard InChI is InChI=1S/C72H58N2/c1-5-20-47(21-6-1)50-40-42-66-64(44-50)71-58(36-18-38-68(71)73(66)52-26-9-3-10-27-52)55-31-16-34-60-62(55)46-63-56(32-17-35-61(63)70(60)57-33-15-25-49-24-13-14-30-54(49)57)59-37-19-39-69-72(59)65-45-51(48-22-7-2-8-23-48)41-43-67(65)74(69)53-28-11-4-12-29-53/h3-4,9-19,24-48H,1-2,5-8,20-23H2. The van der Waals surface area contributed by atoms with Crippen molar-refractivity contribution in [2.45, 2.75) is 76.0 Å². The lowest BCUT2D eigenvalue weighted by Crippen LogP contribution is -2.04. The number of hydrogen-bond acceptors (Lipinski definition) is 0. The Morgan fingerprint density at radius 2 is 0.689 bits per heavy atom. The van der Waals surface area contributed by atoms with Crippen molar-refractivity contribution in [1.29, 1.82) is 0 Å². The first-order chi connectivity index (χ1) is 36.7. The van der Waals surface area contributed by atoms with E-state index in [1.54, 1.807) is 0 Å². The molecule has 2 saturated carbocycles. The number of nitrogens with zero attached hydrogens (tertiary/aromatic N) is 2. The first-order valence-electron chi connectivity index (χ1n) is 27.5. The van der Waals surface area contributed by atoms with Crippen LogP contribution in [0.25, 0.3) is 121 Å². The lowest BCUT2D eigenvalue weighted by molar-refractivity contribution is 0.444. The van der Waals surface area contributed by atoms with E-state index in [0.29, 0.717) is 11.8 Å². The number of hydrogen-bond donors (Lipinski definition) is 0. The smallest absolute Gasteiger partial charge is 0.0547 e. The van der Waals surface area contributed by atoms with E-state index in [1.165, 1.54) is 196 Å². The minimum atomic E-state index is 0.603. The van der Waals surface area contributed by atoms with Crippen LogP contribution in [0.5, 0.6) is 0 Å². The molecule has 2 aliphatic rings. The zero-order valence-electron chi connectivity index (χ0n) is 41.9. The zero-order chi connectivity index (χ0) is 48.7. The summed E-state index contributed by atoms with van der Waals surface area (Å²) < 4.78 is 5.01. The monoisotopic (exact) mass is 950 g/mol. The molecule has 2 nitrogen and oxygen atoms in total.